The minimum absolute atomic E-state index is 0.00628. The lowest BCUT2D eigenvalue weighted by molar-refractivity contribution is -0.114. The van der Waals surface area contributed by atoms with Crippen LogP contribution in [0.4, 0.5) is 15.8 Å². The normalized spacial score (nSPS) is 11.2. The molecular formula is C25H27FN2O4S. The number of carbonyl (C=O) groups is 1. The predicted octanol–water partition coefficient (Wildman–Crippen LogP) is 4.93. The summed E-state index contributed by atoms with van der Waals surface area (Å²) in [4.78, 5) is 13.0. The van der Waals surface area contributed by atoms with Gasteiger partial charge in [0, 0.05) is 5.69 Å². The largest absolute Gasteiger partial charge is 0.494 e. The van der Waals surface area contributed by atoms with Gasteiger partial charge in [0.2, 0.25) is 5.91 Å². The topological polar surface area (TPSA) is 75.7 Å². The number of carbonyl (C=O) groups excluding carboxylic acids is 1. The Labute approximate surface area is 194 Å². The maximum absolute atomic E-state index is 13.5. The highest BCUT2D eigenvalue weighted by molar-refractivity contribution is 7.92. The van der Waals surface area contributed by atoms with E-state index in [0.717, 1.165) is 27.6 Å². The summed E-state index contributed by atoms with van der Waals surface area (Å²) in [6, 6.07) is 16.6. The van der Waals surface area contributed by atoms with Crippen molar-refractivity contribution in [2.24, 2.45) is 0 Å². The first-order valence-electron chi connectivity index (χ1n) is 10.7. The molecule has 3 rings (SSSR count). The first-order chi connectivity index (χ1) is 15.8. The molecule has 0 aliphatic heterocycles. The fourth-order valence-electron chi connectivity index (χ4n) is 3.44. The molecule has 0 unspecified atom stereocenters. The molecule has 0 heterocycles. The highest BCUT2D eigenvalue weighted by atomic mass is 32.2. The number of hydrogen-bond donors (Lipinski definition) is 1. The maximum atomic E-state index is 13.5. The zero-order valence-electron chi connectivity index (χ0n) is 18.8. The van der Waals surface area contributed by atoms with E-state index in [4.69, 9.17) is 4.74 Å². The van der Waals surface area contributed by atoms with Crippen molar-refractivity contribution in [1.29, 1.82) is 0 Å². The number of nitrogens with zero attached hydrogens (tertiary/aromatic N) is 1. The van der Waals surface area contributed by atoms with Gasteiger partial charge in [0.1, 0.15) is 18.1 Å². The number of benzene rings is 3. The highest BCUT2D eigenvalue weighted by Crippen LogP contribution is 2.26. The molecule has 0 saturated heterocycles. The third-order valence-electron chi connectivity index (χ3n) is 5.13. The molecule has 1 amide bonds. The van der Waals surface area contributed by atoms with E-state index < -0.39 is 28.3 Å². The van der Waals surface area contributed by atoms with Gasteiger partial charge in [-0.05, 0) is 79.9 Å². The molecule has 6 nitrogen and oxygen atoms in total. The molecule has 0 bridgehead atoms. The van der Waals surface area contributed by atoms with Crippen molar-refractivity contribution in [2.45, 2.75) is 32.1 Å². The van der Waals surface area contributed by atoms with E-state index in [1.807, 2.05) is 39.0 Å². The molecule has 174 valence electrons. The second-order valence-electron chi connectivity index (χ2n) is 7.40. The highest BCUT2D eigenvalue weighted by Gasteiger charge is 2.27. The van der Waals surface area contributed by atoms with Crippen LogP contribution in [-0.4, -0.2) is 27.5 Å². The molecule has 0 aliphatic rings. The van der Waals surface area contributed by atoms with Gasteiger partial charge in [-0.15, -0.1) is 0 Å². The van der Waals surface area contributed by atoms with Gasteiger partial charge in [0.15, 0.2) is 0 Å². The molecule has 0 saturated carbocycles. The van der Waals surface area contributed by atoms with Crippen molar-refractivity contribution in [2.75, 3.05) is 22.8 Å². The summed E-state index contributed by atoms with van der Waals surface area (Å²) in [7, 11) is -4.12. The Bertz CT molecular complexity index is 1210. The van der Waals surface area contributed by atoms with Crippen molar-refractivity contribution in [3.63, 3.8) is 0 Å². The third-order valence-corrected chi connectivity index (χ3v) is 6.92. The summed E-state index contributed by atoms with van der Waals surface area (Å²) in [5, 5.41) is 2.85. The molecule has 0 atom stereocenters. The molecule has 3 aromatic carbocycles. The van der Waals surface area contributed by atoms with Crippen LogP contribution in [0.25, 0.3) is 0 Å². The van der Waals surface area contributed by atoms with Crippen molar-refractivity contribution in [3.8, 4) is 5.75 Å². The number of amides is 1. The number of rotatable bonds is 9. The van der Waals surface area contributed by atoms with Gasteiger partial charge in [0.05, 0.1) is 17.2 Å². The lowest BCUT2D eigenvalue weighted by Crippen LogP contribution is -2.38. The van der Waals surface area contributed by atoms with E-state index in [2.05, 4.69) is 5.32 Å². The van der Waals surface area contributed by atoms with Crippen LogP contribution in [0, 0.1) is 12.7 Å². The van der Waals surface area contributed by atoms with E-state index in [-0.39, 0.29) is 10.6 Å². The molecule has 0 aliphatic carbocycles. The second kappa shape index (κ2) is 10.5. The molecule has 0 fully saturated rings. The zero-order valence-corrected chi connectivity index (χ0v) is 19.7. The maximum Gasteiger partial charge on any atom is 0.264 e. The van der Waals surface area contributed by atoms with E-state index in [1.165, 1.54) is 24.3 Å². The Morgan fingerprint density at radius 1 is 1.00 bits per heavy atom. The van der Waals surface area contributed by atoms with Crippen molar-refractivity contribution < 1.29 is 22.3 Å². The fourth-order valence-corrected chi connectivity index (χ4v) is 4.86. The number of aryl methyl sites for hydroxylation is 2. The van der Waals surface area contributed by atoms with Gasteiger partial charge < -0.3 is 10.1 Å². The van der Waals surface area contributed by atoms with Gasteiger partial charge >= 0.3 is 0 Å². The Morgan fingerprint density at radius 3 is 2.27 bits per heavy atom. The van der Waals surface area contributed by atoms with Crippen LogP contribution in [0.5, 0.6) is 5.75 Å². The van der Waals surface area contributed by atoms with Crippen LogP contribution < -0.4 is 14.4 Å². The number of sulfonamides is 1. The van der Waals surface area contributed by atoms with Gasteiger partial charge in [-0.1, -0.05) is 25.1 Å². The van der Waals surface area contributed by atoms with Crippen molar-refractivity contribution in [3.05, 3.63) is 83.7 Å². The summed E-state index contributed by atoms with van der Waals surface area (Å²) in [5.41, 5.74) is 2.68. The first kappa shape index (κ1) is 24.3. The Morgan fingerprint density at radius 2 is 1.67 bits per heavy atom. The number of hydrogen-bond acceptors (Lipinski definition) is 4. The Hall–Kier alpha value is -3.39. The SMILES string of the molecule is CCOc1ccc(S(=O)(=O)N(CC(=O)Nc2c(C)cccc2CC)c2ccc(F)cc2)cc1. The molecule has 3 aromatic rings. The monoisotopic (exact) mass is 470 g/mol. The first-order valence-corrected chi connectivity index (χ1v) is 12.1. The van der Waals surface area contributed by atoms with E-state index >= 15 is 0 Å². The minimum Gasteiger partial charge on any atom is -0.494 e. The average molecular weight is 471 g/mol. The average Bonchev–Trinajstić information content (AvgIpc) is 2.80. The van der Waals surface area contributed by atoms with Crippen LogP contribution in [-0.2, 0) is 21.2 Å². The quantitative estimate of drug-likeness (QED) is 0.481. The fraction of sp³-hybridized carbons (Fsp3) is 0.240. The van der Waals surface area contributed by atoms with Crippen LogP contribution in [0.2, 0.25) is 0 Å². The number of ether oxygens (including phenoxy) is 1. The number of anilines is 2. The molecule has 8 heteroatoms. The third kappa shape index (κ3) is 5.70. The summed E-state index contributed by atoms with van der Waals surface area (Å²) in [6.45, 7) is 5.66. The second-order valence-corrected chi connectivity index (χ2v) is 9.27. The molecule has 1 N–H and O–H groups in total. The van der Waals surface area contributed by atoms with Gasteiger partial charge in [-0.3, -0.25) is 9.10 Å². The van der Waals surface area contributed by atoms with Crippen LogP contribution >= 0.6 is 0 Å². The standard InChI is InChI=1S/C25H27FN2O4S/c1-4-19-8-6-7-18(3)25(19)27-24(29)17-28(21-11-9-20(26)10-12-21)33(30,31)23-15-13-22(14-16-23)32-5-2/h6-16H,4-5,17H2,1-3H3,(H,27,29). The Balaban J connectivity index is 1.95. The molecule has 33 heavy (non-hydrogen) atoms. The molecule has 0 aromatic heterocycles. The summed E-state index contributed by atoms with van der Waals surface area (Å²) in [5.74, 6) is -0.471. The number of para-hydroxylation sites is 1. The molecule has 0 spiro atoms. The Kier molecular flexibility index (Phi) is 7.71. The van der Waals surface area contributed by atoms with Gasteiger partial charge in [-0.25, -0.2) is 12.8 Å². The van der Waals surface area contributed by atoms with Gasteiger partial charge in [-0.2, -0.15) is 0 Å². The smallest absolute Gasteiger partial charge is 0.264 e. The van der Waals surface area contributed by atoms with Crippen LogP contribution in [0.1, 0.15) is 25.0 Å². The van der Waals surface area contributed by atoms with Crippen LogP contribution in [0.3, 0.4) is 0 Å². The van der Waals surface area contributed by atoms with Crippen molar-refractivity contribution in [1.82, 2.24) is 0 Å². The molecular weight excluding hydrogens is 443 g/mol. The summed E-state index contributed by atoms with van der Waals surface area (Å²) < 4.78 is 46.8. The lowest BCUT2D eigenvalue weighted by atomic mass is 10.1. The van der Waals surface area contributed by atoms with E-state index in [9.17, 15) is 17.6 Å². The lowest BCUT2D eigenvalue weighted by Gasteiger charge is -2.24. The summed E-state index contributed by atoms with van der Waals surface area (Å²) in [6.07, 6.45) is 0.712. The summed E-state index contributed by atoms with van der Waals surface area (Å²) >= 11 is 0. The molecule has 0 radical (unpaired) electrons. The van der Waals surface area contributed by atoms with E-state index in [1.54, 1.807) is 12.1 Å². The van der Waals surface area contributed by atoms with Crippen LogP contribution in [0.15, 0.2) is 71.6 Å². The zero-order chi connectivity index (χ0) is 24.0. The van der Waals surface area contributed by atoms with Crippen molar-refractivity contribution >= 4 is 27.3 Å². The van der Waals surface area contributed by atoms with Gasteiger partial charge in [0.25, 0.3) is 10.0 Å². The van der Waals surface area contributed by atoms with E-state index in [0.29, 0.717) is 24.5 Å². The minimum atomic E-state index is -4.12. The number of nitrogens with one attached hydrogen (secondary N) is 1. The number of halogens is 1. The predicted molar refractivity (Wildman–Crippen MR) is 128 cm³/mol.